The molecular formula is C18H15NO2S. The highest BCUT2D eigenvalue weighted by Crippen LogP contribution is 2.46. The maximum Gasteiger partial charge on any atom is 0.159 e. The highest BCUT2D eigenvalue weighted by atomic mass is 32.2. The maximum atomic E-state index is 5.86. The number of aliphatic imine (C=N–C) groups is 1. The van der Waals surface area contributed by atoms with Crippen molar-refractivity contribution in [2.24, 2.45) is 4.99 Å². The third-order valence-electron chi connectivity index (χ3n) is 3.64. The Balaban J connectivity index is 1.83. The lowest BCUT2D eigenvalue weighted by molar-refractivity contribution is 0.490. The zero-order valence-corrected chi connectivity index (χ0v) is 13.2. The Morgan fingerprint density at radius 2 is 1.68 bits per heavy atom. The monoisotopic (exact) mass is 309 g/mol. The number of fused-ring (bicyclic) bond motifs is 1. The summed E-state index contributed by atoms with van der Waals surface area (Å²) >= 11 is 1.67. The molecule has 3 heterocycles. The highest BCUT2D eigenvalue weighted by Gasteiger charge is 2.28. The van der Waals surface area contributed by atoms with Crippen molar-refractivity contribution in [1.29, 1.82) is 0 Å². The van der Waals surface area contributed by atoms with Gasteiger partial charge in [0.1, 0.15) is 22.3 Å². The second kappa shape index (κ2) is 5.21. The van der Waals surface area contributed by atoms with Gasteiger partial charge in [-0.25, -0.2) is 4.99 Å². The van der Waals surface area contributed by atoms with Gasteiger partial charge in [-0.3, -0.25) is 0 Å². The molecule has 1 atom stereocenters. The molecule has 0 spiro atoms. The summed E-state index contributed by atoms with van der Waals surface area (Å²) in [4.78, 5) is 4.76. The number of thioether (sulfide) groups is 1. The Morgan fingerprint density at radius 1 is 0.909 bits per heavy atom. The van der Waals surface area contributed by atoms with Gasteiger partial charge in [-0.05, 0) is 49.7 Å². The van der Waals surface area contributed by atoms with Crippen LogP contribution in [-0.2, 0) is 0 Å². The molecule has 0 radical (unpaired) electrons. The normalized spacial score (nSPS) is 17.2. The van der Waals surface area contributed by atoms with Crippen LogP contribution in [0.25, 0.3) is 0 Å². The Labute approximate surface area is 133 Å². The quantitative estimate of drug-likeness (QED) is 0.636. The molecule has 1 aromatic carbocycles. The van der Waals surface area contributed by atoms with Crippen molar-refractivity contribution in [3.8, 4) is 0 Å². The fourth-order valence-electron chi connectivity index (χ4n) is 2.59. The smallest absolute Gasteiger partial charge is 0.159 e. The summed E-state index contributed by atoms with van der Waals surface area (Å²) in [6.07, 6.45) is 0. The van der Waals surface area contributed by atoms with Crippen molar-refractivity contribution < 1.29 is 8.83 Å². The number of hydrogen-bond acceptors (Lipinski definition) is 4. The number of hydrogen-bond donors (Lipinski definition) is 0. The number of rotatable bonds is 2. The average molecular weight is 309 g/mol. The molecule has 0 saturated carbocycles. The van der Waals surface area contributed by atoms with Gasteiger partial charge in [-0.1, -0.05) is 30.0 Å². The SMILES string of the molecule is Cc1ccc(C2=Nc3ccccc3C(c3ccc(C)o3)S2)o1. The van der Waals surface area contributed by atoms with E-state index in [0.717, 1.165) is 33.8 Å². The number of aryl methyl sites for hydroxylation is 2. The van der Waals surface area contributed by atoms with Crippen LogP contribution >= 0.6 is 11.8 Å². The van der Waals surface area contributed by atoms with Gasteiger partial charge < -0.3 is 8.83 Å². The molecule has 2 aromatic heterocycles. The minimum Gasteiger partial charge on any atom is -0.465 e. The predicted molar refractivity (Wildman–Crippen MR) is 89.0 cm³/mol. The third kappa shape index (κ3) is 2.29. The fraction of sp³-hybridized carbons (Fsp3) is 0.167. The Bertz CT molecular complexity index is 859. The second-order valence-corrected chi connectivity index (χ2v) is 6.43. The van der Waals surface area contributed by atoms with E-state index < -0.39 is 0 Å². The first-order chi connectivity index (χ1) is 10.7. The molecule has 0 fully saturated rings. The van der Waals surface area contributed by atoms with Crippen molar-refractivity contribution in [2.45, 2.75) is 19.1 Å². The summed E-state index contributed by atoms with van der Waals surface area (Å²) in [7, 11) is 0. The molecule has 1 unspecified atom stereocenters. The summed E-state index contributed by atoms with van der Waals surface area (Å²) in [6.45, 7) is 3.91. The van der Waals surface area contributed by atoms with Crippen LogP contribution in [0.3, 0.4) is 0 Å². The topological polar surface area (TPSA) is 38.6 Å². The molecule has 3 nitrogen and oxygen atoms in total. The summed E-state index contributed by atoms with van der Waals surface area (Å²) in [5, 5.41) is 0.994. The van der Waals surface area contributed by atoms with Crippen molar-refractivity contribution in [3.05, 3.63) is 77.1 Å². The molecule has 4 rings (SSSR count). The molecule has 0 saturated heterocycles. The lowest BCUT2D eigenvalue weighted by atomic mass is 10.1. The van der Waals surface area contributed by atoms with Crippen molar-refractivity contribution in [2.75, 3.05) is 0 Å². The first-order valence-corrected chi connectivity index (χ1v) is 8.06. The van der Waals surface area contributed by atoms with E-state index in [9.17, 15) is 0 Å². The van der Waals surface area contributed by atoms with Gasteiger partial charge in [0.05, 0.1) is 10.9 Å². The van der Waals surface area contributed by atoms with Crippen LogP contribution in [0.1, 0.15) is 33.9 Å². The van der Waals surface area contributed by atoms with E-state index in [2.05, 4.69) is 6.07 Å². The average Bonchev–Trinajstić information content (AvgIpc) is 3.15. The predicted octanol–water partition coefficient (Wildman–Crippen LogP) is 5.40. The molecule has 1 aliphatic heterocycles. The van der Waals surface area contributed by atoms with Crippen LogP contribution in [0.2, 0.25) is 0 Å². The van der Waals surface area contributed by atoms with Crippen LogP contribution in [0.15, 0.2) is 62.4 Å². The van der Waals surface area contributed by atoms with Gasteiger partial charge >= 0.3 is 0 Å². The molecule has 1 aliphatic rings. The van der Waals surface area contributed by atoms with Crippen molar-refractivity contribution in [1.82, 2.24) is 0 Å². The Kier molecular flexibility index (Phi) is 3.19. The first kappa shape index (κ1) is 13.5. The number of benzene rings is 1. The third-order valence-corrected chi connectivity index (χ3v) is 4.88. The van der Waals surface area contributed by atoms with E-state index in [1.54, 1.807) is 11.8 Å². The molecule has 0 bridgehead atoms. The van der Waals surface area contributed by atoms with E-state index in [1.165, 1.54) is 5.56 Å². The van der Waals surface area contributed by atoms with Gasteiger partial charge in [-0.2, -0.15) is 0 Å². The maximum absolute atomic E-state index is 5.86. The number of furan rings is 2. The van der Waals surface area contributed by atoms with Crippen molar-refractivity contribution in [3.63, 3.8) is 0 Å². The van der Waals surface area contributed by atoms with Gasteiger partial charge in [0.2, 0.25) is 0 Å². The second-order valence-electron chi connectivity index (χ2n) is 5.33. The largest absolute Gasteiger partial charge is 0.465 e. The van der Waals surface area contributed by atoms with Gasteiger partial charge in [-0.15, -0.1) is 0 Å². The van der Waals surface area contributed by atoms with Crippen LogP contribution in [0.4, 0.5) is 5.69 Å². The lowest BCUT2D eigenvalue weighted by Gasteiger charge is -2.21. The van der Waals surface area contributed by atoms with Crippen LogP contribution in [0, 0.1) is 13.8 Å². The zero-order valence-electron chi connectivity index (χ0n) is 12.4. The standard InChI is InChI=1S/C18H15NO2S/c1-11-7-9-15(20-11)17-13-5-3-4-6-14(13)19-18(22-17)16-10-8-12(2)21-16/h3-10,17H,1-2H3. The summed E-state index contributed by atoms with van der Waals surface area (Å²) < 4.78 is 11.6. The van der Waals surface area contributed by atoms with Crippen LogP contribution in [-0.4, -0.2) is 5.04 Å². The van der Waals surface area contributed by atoms with E-state index in [-0.39, 0.29) is 5.25 Å². The lowest BCUT2D eigenvalue weighted by Crippen LogP contribution is -2.07. The molecule has 0 N–H and O–H groups in total. The van der Waals surface area contributed by atoms with Crippen LogP contribution < -0.4 is 0 Å². The Hall–Kier alpha value is -2.20. The minimum absolute atomic E-state index is 0.0998. The summed E-state index contributed by atoms with van der Waals surface area (Å²) in [6, 6.07) is 16.2. The van der Waals surface area contributed by atoms with E-state index >= 15 is 0 Å². The highest BCUT2D eigenvalue weighted by molar-refractivity contribution is 8.14. The fourth-order valence-corrected chi connectivity index (χ4v) is 3.76. The summed E-state index contributed by atoms with van der Waals surface area (Å²) in [5.74, 6) is 3.57. The van der Waals surface area contributed by atoms with Gasteiger partial charge in [0.15, 0.2) is 5.76 Å². The molecule has 0 amide bonds. The summed E-state index contributed by atoms with van der Waals surface area (Å²) in [5.41, 5.74) is 2.15. The van der Waals surface area contributed by atoms with Crippen molar-refractivity contribution >= 4 is 22.5 Å². The minimum atomic E-state index is 0.0998. The molecular weight excluding hydrogens is 294 g/mol. The van der Waals surface area contributed by atoms with Gasteiger partial charge in [0, 0.05) is 0 Å². The van der Waals surface area contributed by atoms with Crippen LogP contribution in [0.5, 0.6) is 0 Å². The van der Waals surface area contributed by atoms with Gasteiger partial charge in [0.25, 0.3) is 0 Å². The molecule has 22 heavy (non-hydrogen) atoms. The Morgan fingerprint density at radius 3 is 2.41 bits per heavy atom. The van der Waals surface area contributed by atoms with E-state index in [0.29, 0.717) is 0 Å². The molecule has 3 aromatic rings. The molecule has 0 aliphatic carbocycles. The molecule has 4 heteroatoms. The number of para-hydroxylation sites is 1. The number of nitrogens with zero attached hydrogens (tertiary/aromatic N) is 1. The van der Waals surface area contributed by atoms with E-state index in [4.69, 9.17) is 13.8 Å². The zero-order chi connectivity index (χ0) is 15.1. The van der Waals surface area contributed by atoms with E-state index in [1.807, 2.05) is 56.3 Å². The molecule has 110 valence electrons. The first-order valence-electron chi connectivity index (χ1n) is 7.18.